The predicted molar refractivity (Wildman–Crippen MR) is 327 cm³/mol. The Morgan fingerprint density at radius 3 is 1.56 bits per heavy atom. The van der Waals surface area contributed by atoms with Crippen molar-refractivity contribution in [3.8, 4) is 39.1 Å². The van der Waals surface area contributed by atoms with Crippen molar-refractivity contribution >= 4 is 77.5 Å². The number of aromatic nitrogens is 1. The number of fused-ring (bicyclic) bond motifs is 15. The van der Waals surface area contributed by atoms with Gasteiger partial charge in [-0.2, -0.15) is 0 Å². The lowest BCUT2D eigenvalue weighted by atomic mass is 9.70. The molecule has 3 nitrogen and oxygen atoms in total. The van der Waals surface area contributed by atoms with Gasteiger partial charge in [-0.1, -0.05) is 212 Å². The van der Waals surface area contributed by atoms with E-state index in [0.29, 0.717) is 5.56 Å². The standard InChI is InChI=1S/C75H49N3/c1-3-21-53(22-4-1)76(57-43-45-64-63-27-11-15-34-70(63)75(71(64)48-57)68-32-13-9-25-61(68)62-26-10-14-33-69(62)75)55-40-38-51(39-41-55)59-29-17-31-65-60(59)30-18-36-72(65)77(56-42-37-50-19-7-8-20-52(50)47-56)58-44-46-67-66-28-12-16-35-73(66)78(74(67)49-58)54-23-5-2-6-24-54/h1-49H/i38D,39D,40D,41D. The van der Waals surface area contributed by atoms with Gasteiger partial charge in [0.1, 0.15) is 0 Å². The van der Waals surface area contributed by atoms with Gasteiger partial charge < -0.3 is 14.4 Å². The van der Waals surface area contributed by atoms with Crippen molar-refractivity contribution in [2.75, 3.05) is 9.80 Å². The topological polar surface area (TPSA) is 11.4 Å². The maximum Gasteiger partial charge on any atom is 0.0726 e. The lowest BCUT2D eigenvalue weighted by molar-refractivity contribution is 0.793. The Labute approximate surface area is 459 Å². The minimum Gasteiger partial charge on any atom is -0.310 e. The van der Waals surface area contributed by atoms with Crippen LogP contribution in [0.15, 0.2) is 297 Å². The van der Waals surface area contributed by atoms with Crippen LogP contribution in [-0.2, 0) is 5.41 Å². The molecule has 0 fully saturated rings. The number of nitrogens with zero attached hydrogens (tertiary/aromatic N) is 3. The van der Waals surface area contributed by atoms with Crippen molar-refractivity contribution in [2.24, 2.45) is 0 Å². The van der Waals surface area contributed by atoms with E-state index < -0.39 is 5.41 Å². The quantitative estimate of drug-likeness (QED) is 0.150. The predicted octanol–water partition coefficient (Wildman–Crippen LogP) is 20.0. The molecule has 0 unspecified atom stereocenters. The number of para-hydroxylation sites is 3. The second-order valence-corrected chi connectivity index (χ2v) is 20.4. The summed E-state index contributed by atoms with van der Waals surface area (Å²) < 4.78 is 42.7. The van der Waals surface area contributed by atoms with E-state index in [-0.39, 0.29) is 35.4 Å². The highest BCUT2D eigenvalue weighted by Crippen LogP contribution is 2.63. The summed E-state index contributed by atoms with van der Waals surface area (Å²) in [6.07, 6.45) is 0. The van der Waals surface area contributed by atoms with Crippen LogP contribution in [0.25, 0.3) is 82.4 Å². The first-order valence-electron chi connectivity index (χ1n) is 28.7. The molecule has 2 aliphatic rings. The van der Waals surface area contributed by atoms with E-state index in [1.54, 1.807) is 0 Å². The van der Waals surface area contributed by atoms with Gasteiger partial charge in [-0.25, -0.2) is 0 Å². The minimum atomic E-state index is -0.623. The van der Waals surface area contributed by atoms with Gasteiger partial charge in [0.25, 0.3) is 0 Å². The van der Waals surface area contributed by atoms with Gasteiger partial charge in [0.2, 0.25) is 0 Å². The zero-order valence-corrected chi connectivity index (χ0v) is 42.3. The highest BCUT2D eigenvalue weighted by molar-refractivity contribution is 6.12. The van der Waals surface area contributed by atoms with Gasteiger partial charge >= 0.3 is 0 Å². The molecule has 0 bridgehead atoms. The van der Waals surface area contributed by atoms with Crippen molar-refractivity contribution in [3.05, 3.63) is 319 Å². The van der Waals surface area contributed by atoms with E-state index in [1.165, 1.54) is 38.8 Å². The van der Waals surface area contributed by atoms with Crippen LogP contribution in [-0.4, -0.2) is 4.57 Å². The fraction of sp³-hybridized carbons (Fsp3) is 0.0133. The summed E-state index contributed by atoms with van der Waals surface area (Å²) in [5.41, 5.74) is 17.4. The SMILES string of the molecule is [2H]c1c([2H])c(N(c2ccccc2)c2ccc3c(c2)C2(c4ccccc4-c4ccccc42)c2ccccc2-3)c([2H])c([2H])c1-c1cccc2c(N(c3ccc4ccccc4c3)c3ccc4c5ccccc5n(-c5ccccc5)c4c3)cccc12. The summed E-state index contributed by atoms with van der Waals surface area (Å²) in [6.45, 7) is 0. The Morgan fingerprint density at radius 2 is 0.821 bits per heavy atom. The third-order valence-electron chi connectivity index (χ3n) is 16.4. The Balaban J connectivity index is 0.879. The largest absolute Gasteiger partial charge is 0.310 e. The highest BCUT2D eigenvalue weighted by atomic mass is 15.2. The number of hydrogen-bond acceptors (Lipinski definition) is 2. The molecule has 1 heterocycles. The van der Waals surface area contributed by atoms with Crippen LogP contribution in [0.2, 0.25) is 0 Å². The molecule has 0 aliphatic heterocycles. The van der Waals surface area contributed by atoms with Crippen LogP contribution in [0.5, 0.6) is 0 Å². The Bertz CT molecular complexity index is 4860. The first-order valence-corrected chi connectivity index (χ1v) is 26.7. The van der Waals surface area contributed by atoms with Crippen molar-refractivity contribution in [1.29, 1.82) is 0 Å². The van der Waals surface area contributed by atoms with Crippen molar-refractivity contribution in [3.63, 3.8) is 0 Å². The monoisotopic (exact) mass is 995 g/mol. The average Bonchev–Trinajstić information content (AvgIpc) is 3.73. The Hall–Kier alpha value is -10.2. The van der Waals surface area contributed by atoms with E-state index in [4.69, 9.17) is 0 Å². The first-order chi connectivity index (χ1) is 40.4. The molecule has 13 aromatic carbocycles. The van der Waals surface area contributed by atoms with Crippen LogP contribution < -0.4 is 9.80 Å². The molecule has 0 saturated carbocycles. The molecule has 0 saturated heterocycles. The van der Waals surface area contributed by atoms with Gasteiger partial charge in [-0.05, 0) is 157 Å². The maximum atomic E-state index is 10.1. The number of hydrogen-bond donors (Lipinski definition) is 0. The number of rotatable bonds is 8. The molecule has 1 spiro atoms. The summed E-state index contributed by atoms with van der Waals surface area (Å²) in [5.74, 6) is 0. The molecule has 14 aromatic rings. The van der Waals surface area contributed by atoms with Gasteiger partial charge in [0.15, 0.2) is 0 Å². The minimum absolute atomic E-state index is 0.121. The zero-order chi connectivity index (χ0) is 54.8. The third kappa shape index (κ3) is 6.52. The molecule has 2 aliphatic carbocycles. The smallest absolute Gasteiger partial charge is 0.0726 e. The summed E-state index contributed by atoms with van der Waals surface area (Å²) in [4.78, 5) is 4.23. The van der Waals surface area contributed by atoms with E-state index in [2.05, 4.69) is 222 Å². The molecule has 0 N–H and O–H groups in total. The van der Waals surface area contributed by atoms with Gasteiger partial charge in [0, 0.05) is 50.3 Å². The van der Waals surface area contributed by atoms with Crippen LogP contribution in [0.4, 0.5) is 34.1 Å². The zero-order valence-electron chi connectivity index (χ0n) is 46.3. The van der Waals surface area contributed by atoms with Crippen molar-refractivity contribution < 1.29 is 5.48 Å². The molecule has 0 atom stereocenters. The molecule has 364 valence electrons. The molecule has 1 aromatic heterocycles. The summed E-state index contributed by atoms with van der Waals surface area (Å²) >= 11 is 0. The van der Waals surface area contributed by atoms with Crippen molar-refractivity contribution in [2.45, 2.75) is 5.41 Å². The third-order valence-corrected chi connectivity index (χ3v) is 16.4. The maximum absolute atomic E-state index is 10.1. The summed E-state index contributed by atoms with van der Waals surface area (Å²) in [6, 6.07) is 95.0. The number of benzene rings is 13. The van der Waals surface area contributed by atoms with Crippen LogP contribution in [0.1, 0.15) is 27.7 Å². The molecule has 3 heteroatoms. The summed E-state index contributed by atoms with van der Waals surface area (Å²) in [7, 11) is 0. The fourth-order valence-corrected chi connectivity index (χ4v) is 13.2. The Morgan fingerprint density at radius 1 is 0.295 bits per heavy atom. The molecule has 0 radical (unpaired) electrons. The fourth-order valence-electron chi connectivity index (χ4n) is 13.2. The Kier molecular flexibility index (Phi) is 8.97. The van der Waals surface area contributed by atoms with E-state index in [0.717, 1.165) is 83.2 Å². The first kappa shape index (κ1) is 40.1. The van der Waals surface area contributed by atoms with Crippen LogP contribution >= 0.6 is 0 Å². The lowest BCUT2D eigenvalue weighted by Crippen LogP contribution is -2.26. The van der Waals surface area contributed by atoms with E-state index in [1.807, 2.05) is 65.6 Å². The van der Waals surface area contributed by atoms with Gasteiger partial charge in [0.05, 0.1) is 27.6 Å². The van der Waals surface area contributed by atoms with Crippen molar-refractivity contribution in [1.82, 2.24) is 4.57 Å². The molecule has 78 heavy (non-hydrogen) atoms. The summed E-state index contributed by atoms with van der Waals surface area (Å²) in [5, 5.41) is 6.27. The van der Waals surface area contributed by atoms with E-state index in [9.17, 15) is 5.48 Å². The molecule has 0 amide bonds. The second kappa shape index (κ2) is 17.4. The van der Waals surface area contributed by atoms with Gasteiger partial charge in [-0.3, -0.25) is 0 Å². The second-order valence-electron chi connectivity index (χ2n) is 20.4. The number of anilines is 6. The normalized spacial score (nSPS) is 13.4. The molecular weight excluding hydrogens is 943 g/mol. The van der Waals surface area contributed by atoms with Crippen LogP contribution in [0.3, 0.4) is 0 Å². The molecule has 16 rings (SSSR count). The molecular formula is C75H49N3. The van der Waals surface area contributed by atoms with E-state index >= 15 is 0 Å². The average molecular weight is 996 g/mol. The van der Waals surface area contributed by atoms with Crippen LogP contribution in [0, 0.1) is 0 Å². The highest BCUT2D eigenvalue weighted by Gasteiger charge is 2.51. The lowest BCUT2D eigenvalue weighted by Gasteiger charge is -2.32. The van der Waals surface area contributed by atoms with Gasteiger partial charge in [-0.15, -0.1) is 0 Å².